The molecule has 1 aliphatic rings. The standard InChI is InChI=1S/C20H23ClN2O3/c1-25-16-6-3-5-14(11-16)18-7-4-10-23(18)13-20(24)22-17-12-15(21)8-9-19(17)26-2/h3,5-6,8-9,11-12,18H,4,7,10,13H2,1-2H3,(H,22,24). The molecule has 1 heterocycles. The van der Waals surface area contributed by atoms with Gasteiger partial charge in [-0.15, -0.1) is 0 Å². The van der Waals surface area contributed by atoms with E-state index in [0.717, 1.165) is 25.1 Å². The molecule has 1 amide bonds. The second-order valence-electron chi connectivity index (χ2n) is 6.30. The summed E-state index contributed by atoms with van der Waals surface area (Å²) in [7, 11) is 3.23. The summed E-state index contributed by atoms with van der Waals surface area (Å²) in [6.07, 6.45) is 2.09. The summed E-state index contributed by atoms with van der Waals surface area (Å²) in [6.45, 7) is 1.21. The van der Waals surface area contributed by atoms with Crippen molar-refractivity contribution in [3.63, 3.8) is 0 Å². The minimum absolute atomic E-state index is 0.0830. The Morgan fingerprint density at radius 1 is 1.23 bits per heavy atom. The first-order valence-electron chi connectivity index (χ1n) is 8.62. The molecule has 1 fully saturated rings. The molecule has 2 aromatic rings. The highest BCUT2D eigenvalue weighted by atomic mass is 35.5. The molecule has 0 saturated carbocycles. The van der Waals surface area contributed by atoms with Crippen LogP contribution in [-0.4, -0.2) is 38.1 Å². The Balaban J connectivity index is 1.69. The van der Waals surface area contributed by atoms with Gasteiger partial charge in [0.1, 0.15) is 11.5 Å². The molecule has 0 spiro atoms. The van der Waals surface area contributed by atoms with Crippen LogP contribution in [0.25, 0.3) is 0 Å². The van der Waals surface area contributed by atoms with E-state index in [1.807, 2.05) is 18.2 Å². The zero-order chi connectivity index (χ0) is 18.5. The Bertz CT molecular complexity index is 781. The molecule has 2 aromatic carbocycles. The number of carbonyl (C=O) groups is 1. The first-order valence-corrected chi connectivity index (χ1v) is 9.00. The van der Waals surface area contributed by atoms with Crippen LogP contribution in [0.5, 0.6) is 11.5 Å². The number of nitrogens with zero attached hydrogens (tertiary/aromatic N) is 1. The molecule has 0 radical (unpaired) electrons. The topological polar surface area (TPSA) is 50.8 Å². The predicted molar refractivity (Wildman–Crippen MR) is 103 cm³/mol. The van der Waals surface area contributed by atoms with Gasteiger partial charge in [0.2, 0.25) is 5.91 Å². The predicted octanol–water partition coefficient (Wildman–Crippen LogP) is 4.13. The fraction of sp³-hybridized carbons (Fsp3) is 0.350. The van der Waals surface area contributed by atoms with E-state index >= 15 is 0 Å². The first-order chi connectivity index (χ1) is 12.6. The second kappa shape index (κ2) is 8.43. The van der Waals surface area contributed by atoms with Crippen LogP contribution in [0.15, 0.2) is 42.5 Å². The summed E-state index contributed by atoms with van der Waals surface area (Å²) in [5.74, 6) is 1.34. The molecule has 1 N–H and O–H groups in total. The van der Waals surface area contributed by atoms with Crippen molar-refractivity contribution in [2.75, 3.05) is 32.6 Å². The van der Waals surface area contributed by atoms with Crippen molar-refractivity contribution in [3.05, 3.63) is 53.1 Å². The van der Waals surface area contributed by atoms with Gasteiger partial charge in [0.25, 0.3) is 0 Å². The fourth-order valence-electron chi connectivity index (χ4n) is 3.39. The van der Waals surface area contributed by atoms with Gasteiger partial charge in [0.15, 0.2) is 0 Å². The number of carbonyl (C=O) groups excluding carboxylic acids is 1. The highest BCUT2D eigenvalue weighted by Gasteiger charge is 2.28. The molecule has 138 valence electrons. The number of ether oxygens (including phenoxy) is 2. The van der Waals surface area contributed by atoms with E-state index in [-0.39, 0.29) is 11.9 Å². The summed E-state index contributed by atoms with van der Waals surface area (Å²) >= 11 is 6.03. The summed E-state index contributed by atoms with van der Waals surface area (Å²) in [5, 5.41) is 3.46. The number of anilines is 1. The SMILES string of the molecule is COc1cccc(C2CCCN2CC(=O)Nc2cc(Cl)ccc2OC)c1. The number of amides is 1. The molecule has 1 atom stereocenters. The first kappa shape index (κ1) is 18.5. The van der Waals surface area contributed by atoms with Crippen LogP contribution in [0.1, 0.15) is 24.4 Å². The van der Waals surface area contributed by atoms with Gasteiger partial charge in [0.05, 0.1) is 26.5 Å². The average Bonchev–Trinajstić information content (AvgIpc) is 3.10. The number of benzene rings is 2. The lowest BCUT2D eigenvalue weighted by molar-refractivity contribution is -0.117. The van der Waals surface area contributed by atoms with Crippen LogP contribution in [0, 0.1) is 0 Å². The van der Waals surface area contributed by atoms with E-state index < -0.39 is 0 Å². The van der Waals surface area contributed by atoms with Crippen molar-refractivity contribution in [2.45, 2.75) is 18.9 Å². The normalized spacial score (nSPS) is 17.1. The Morgan fingerprint density at radius 3 is 2.85 bits per heavy atom. The van der Waals surface area contributed by atoms with E-state index in [9.17, 15) is 4.79 Å². The number of rotatable bonds is 6. The number of likely N-dealkylation sites (tertiary alicyclic amines) is 1. The summed E-state index contributed by atoms with van der Waals surface area (Å²) in [6, 6.07) is 13.4. The molecule has 1 saturated heterocycles. The third-order valence-corrected chi connectivity index (χ3v) is 4.86. The largest absolute Gasteiger partial charge is 0.497 e. The van der Waals surface area contributed by atoms with Crippen molar-refractivity contribution in [3.8, 4) is 11.5 Å². The zero-order valence-electron chi connectivity index (χ0n) is 15.0. The number of nitrogens with one attached hydrogen (secondary N) is 1. The van der Waals surface area contributed by atoms with E-state index in [1.54, 1.807) is 32.4 Å². The Hall–Kier alpha value is -2.24. The monoisotopic (exact) mass is 374 g/mol. The van der Waals surface area contributed by atoms with E-state index in [1.165, 1.54) is 5.56 Å². The maximum Gasteiger partial charge on any atom is 0.238 e. The lowest BCUT2D eigenvalue weighted by Gasteiger charge is -2.24. The molecular weight excluding hydrogens is 352 g/mol. The van der Waals surface area contributed by atoms with E-state index in [2.05, 4.69) is 16.3 Å². The number of halogens is 1. The Kier molecular flexibility index (Phi) is 6.01. The van der Waals surface area contributed by atoms with Gasteiger partial charge in [-0.25, -0.2) is 0 Å². The highest BCUT2D eigenvalue weighted by Crippen LogP contribution is 2.33. The molecule has 6 heteroatoms. The second-order valence-corrected chi connectivity index (χ2v) is 6.73. The van der Waals surface area contributed by atoms with E-state index in [4.69, 9.17) is 21.1 Å². The van der Waals surface area contributed by atoms with Gasteiger partial charge in [-0.1, -0.05) is 23.7 Å². The van der Waals surface area contributed by atoms with Gasteiger partial charge >= 0.3 is 0 Å². The van der Waals surface area contributed by atoms with Crippen LogP contribution in [0.4, 0.5) is 5.69 Å². The number of hydrogen-bond donors (Lipinski definition) is 1. The van der Waals surface area contributed by atoms with Crippen molar-refractivity contribution >= 4 is 23.2 Å². The maximum absolute atomic E-state index is 12.6. The Labute approximate surface area is 158 Å². The van der Waals surface area contributed by atoms with Crippen molar-refractivity contribution in [1.82, 2.24) is 4.90 Å². The molecular formula is C20H23ClN2O3. The minimum atomic E-state index is -0.0830. The van der Waals surface area contributed by atoms with Gasteiger partial charge < -0.3 is 14.8 Å². The quantitative estimate of drug-likeness (QED) is 0.825. The van der Waals surface area contributed by atoms with Crippen molar-refractivity contribution in [1.29, 1.82) is 0 Å². The smallest absolute Gasteiger partial charge is 0.238 e. The van der Waals surface area contributed by atoms with Gasteiger partial charge in [0, 0.05) is 11.1 Å². The average molecular weight is 375 g/mol. The zero-order valence-corrected chi connectivity index (χ0v) is 15.8. The third-order valence-electron chi connectivity index (χ3n) is 4.62. The Morgan fingerprint density at radius 2 is 2.08 bits per heavy atom. The summed E-state index contributed by atoms with van der Waals surface area (Å²) in [4.78, 5) is 14.8. The van der Waals surface area contributed by atoms with Crippen molar-refractivity contribution < 1.29 is 14.3 Å². The summed E-state index contributed by atoms with van der Waals surface area (Å²) in [5.41, 5.74) is 1.76. The fourth-order valence-corrected chi connectivity index (χ4v) is 3.57. The molecule has 1 unspecified atom stereocenters. The lowest BCUT2D eigenvalue weighted by atomic mass is 10.0. The van der Waals surface area contributed by atoms with E-state index in [0.29, 0.717) is 23.0 Å². The van der Waals surface area contributed by atoms with Crippen LogP contribution in [-0.2, 0) is 4.79 Å². The summed E-state index contributed by atoms with van der Waals surface area (Å²) < 4.78 is 10.6. The molecule has 3 rings (SSSR count). The maximum atomic E-state index is 12.6. The molecule has 0 bridgehead atoms. The number of hydrogen-bond acceptors (Lipinski definition) is 4. The van der Waals surface area contributed by atoms with Crippen LogP contribution < -0.4 is 14.8 Å². The lowest BCUT2D eigenvalue weighted by Crippen LogP contribution is -2.33. The van der Waals surface area contributed by atoms with Crippen LogP contribution in [0.3, 0.4) is 0 Å². The highest BCUT2D eigenvalue weighted by molar-refractivity contribution is 6.31. The van der Waals surface area contributed by atoms with Gasteiger partial charge in [-0.05, 0) is 55.3 Å². The minimum Gasteiger partial charge on any atom is -0.497 e. The third kappa shape index (κ3) is 4.29. The van der Waals surface area contributed by atoms with Crippen LogP contribution >= 0.6 is 11.6 Å². The molecule has 26 heavy (non-hydrogen) atoms. The van der Waals surface area contributed by atoms with Crippen LogP contribution in [0.2, 0.25) is 5.02 Å². The van der Waals surface area contributed by atoms with Crippen molar-refractivity contribution in [2.24, 2.45) is 0 Å². The number of methoxy groups -OCH3 is 2. The molecule has 0 aromatic heterocycles. The van der Waals surface area contributed by atoms with Gasteiger partial charge in [-0.2, -0.15) is 0 Å². The molecule has 5 nitrogen and oxygen atoms in total. The molecule has 0 aliphatic carbocycles. The van der Waals surface area contributed by atoms with Gasteiger partial charge in [-0.3, -0.25) is 9.69 Å². The molecule has 1 aliphatic heterocycles.